The topological polar surface area (TPSA) is 44.8 Å². The molecule has 0 saturated heterocycles. The molecule has 0 aromatic heterocycles. The van der Waals surface area contributed by atoms with Crippen molar-refractivity contribution in [2.75, 3.05) is 7.11 Å². The molecule has 0 fully saturated rings. The minimum Gasteiger partial charge on any atom is -0.236 e. The van der Waals surface area contributed by atoms with Gasteiger partial charge in [0.1, 0.15) is 0 Å². The van der Waals surface area contributed by atoms with E-state index in [1.165, 1.54) is 13.4 Å². The molecule has 1 aromatic rings. The van der Waals surface area contributed by atoms with Crippen LogP contribution in [0.25, 0.3) is 6.08 Å². The Morgan fingerprint density at radius 3 is 2.64 bits per heavy atom. The van der Waals surface area contributed by atoms with E-state index in [-0.39, 0.29) is 0 Å². The first-order chi connectivity index (χ1) is 6.83. The molecule has 0 aliphatic carbocycles. The fraction of sp³-hybridized carbons (Fsp3) is 0.111. The average Bonchev–Trinajstić information content (AvgIpc) is 2.20. The van der Waals surface area contributed by atoms with E-state index >= 15 is 0 Å². The third-order valence-electron chi connectivity index (χ3n) is 1.34. The van der Waals surface area contributed by atoms with Crippen LogP contribution in [0.5, 0.6) is 0 Å². The number of benzene rings is 1. The van der Waals surface area contributed by atoms with Gasteiger partial charge in [-0.05, 0) is 11.6 Å². The Balaban J connectivity index is 2.38. The summed E-state index contributed by atoms with van der Waals surface area (Å²) in [6.07, 6.45) is 2.97. The Morgan fingerprint density at radius 2 is 2.00 bits per heavy atom. The van der Waals surface area contributed by atoms with Gasteiger partial charge in [-0.15, -0.1) is 0 Å². The molecule has 74 valence electrons. The molecule has 1 aromatic carbocycles. The van der Waals surface area contributed by atoms with Crippen molar-refractivity contribution in [3.8, 4) is 0 Å². The standard InChI is InChI=1S/C9H10O4P/c1-11-13-14(10)12-8-7-9-5-3-2-4-6-9/h2-8H,1H3/q+1. The summed E-state index contributed by atoms with van der Waals surface area (Å²) in [6, 6.07) is 9.48. The second-order valence-corrected chi connectivity index (χ2v) is 3.09. The Bertz CT molecular complexity index is 310. The lowest BCUT2D eigenvalue weighted by atomic mass is 10.2. The van der Waals surface area contributed by atoms with E-state index in [4.69, 9.17) is 0 Å². The molecule has 0 saturated carbocycles. The maximum absolute atomic E-state index is 10.8. The zero-order valence-corrected chi connectivity index (χ0v) is 8.52. The normalized spacial score (nSPS) is 11.6. The smallest absolute Gasteiger partial charge is 0.236 e. The molecular formula is C9H10O4P+. The van der Waals surface area contributed by atoms with Crippen LogP contribution in [0.4, 0.5) is 0 Å². The first kappa shape index (κ1) is 10.9. The summed E-state index contributed by atoms with van der Waals surface area (Å²) < 4.78 is 19.6. The van der Waals surface area contributed by atoms with Gasteiger partial charge in [-0.25, -0.2) is 4.52 Å². The average molecular weight is 213 g/mol. The van der Waals surface area contributed by atoms with E-state index in [0.29, 0.717) is 0 Å². The van der Waals surface area contributed by atoms with Crippen molar-refractivity contribution in [2.24, 2.45) is 0 Å². The lowest BCUT2D eigenvalue weighted by Crippen LogP contribution is -1.77. The van der Waals surface area contributed by atoms with Crippen LogP contribution in [-0.4, -0.2) is 7.11 Å². The van der Waals surface area contributed by atoms with E-state index in [1.807, 2.05) is 30.3 Å². The van der Waals surface area contributed by atoms with Gasteiger partial charge in [0.05, 0.1) is 11.8 Å². The first-order valence-electron chi connectivity index (χ1n) is 3.89. The first-order valence-corrected chi connectivity index (χ1v) is 4.99. The summed E-state index contributed by atoms with van der Waals surface area (Å²) in [6.45, 7) is 0. The monoisotopic (exact) mass is 213 g/mol. The van der Waals surface area contributed by atoms with Crippen LogP contribution < -0.4 is 0 Å². The van der Waals surface area contributed by atoms with E-state index < -0.39 is 8.25 Å². The predicted octanol–water partition coefficient (Wildman–Crippen LogP) is 2.91. The summed E-state index contributed by atoms with van der Waals surface area (Å²) in [5, 5.41) is 0. The van der Waals surface area contributed by atoms with Gasteiger partial charge in [0.2, 0.25) is 0 Å². The molecule has 0 heterocycles. The van der Waals surface area contributed by atoms with E-state index in [0.717, 1.165) is 5.56 Å². The zero-order chi connectivity index (χ0) is 10.2. The van der Waals surface area contributed by atoms with Crippen molar-refractivity contribution in [3.63, 3.8) is 0 Å². The van der Waals surface area contributed by atoms with E-state index in [9.17, 15) is 4.57 Å². The number of rotatable bonds is 5. The summed E-state index contributed by atoms with van der Waals surface area (Å²) in [7, 11) is -0.975. The quantitative estimate of drug-likeness (QED) is 0.326. The summed E-state index contributed by atoms with van der Waals surface area (Å²) >= 11 is 0. The lowest BCUT2D eigenvalue weighted by Gasteiger charge is -1.87. The number of hydrogen-bond donors (Lipinski definition) is 0. The Morgan fingerprint density at radius 1 is 1.29 bits per heavy atom. The SMILES string of the molecule is COO[P+](=O)OC=Cc1ccccc1. The summed E-state index contributed by atoms with van der Waals surface area (Å²) in [4.78, 5) is 4.16. The number of hydrogen-bond acceptors (Lipinski definition) is 4. The van der Waals surface area contributed by atoms with Gasteiger partial charge in [0.15, 0.2) is 6.26 Å². The van der Waals surface area contributed by atoms with Crippen LogP contribution in [0.3, 0.4) is 0 Å². The van der Waals surface area contributed by atoms with Gasteiger partial charge in [-0.3, -0.25) is 0 Å². The molecule has 1 atom stereocenters. The molecule has 14 heavy (non-hydrogen) atoms. The molecule has 4 nitrogen and oxygen atoms in total. The molecule has 0 aliphatic rings. The fourth-order valence-electron chi connectivity index (χ4n) is 0.801. The lowest BCUT2D eigenvalue weighted by molar-refractivity contribution is -0.179. The van der Waals surface area contributed by atoms with E-state index in [1.54, 1.807) is 6.08 Å². The van der Waals surface area contributed by atoms with E-state index in [2.05, 4.69) is 14.1 Å². The maximum atomic E-state index is 10.8. The van der Waals surface area contributed by atoms with Crippen molar-refractivity contribution in [1.82, 2.24) is 0 Å². The third kappa shape index (κ3) is 4.14. The van der Waals surface area contributed by atoms with Crippen LogP contribution in [0.1, 0.15) is 5.56 Å². The van der Waals surface area contributed by atoms with Gasteiger partial charge in [-0.2, -0.15) is 4.89 Å². The summed E-state index contributed by atoms with van der Waals surface area (Å²) in [5.74, 6) is 0. The molecule has 0 bridgehead atoms. The molecular weight excluding hydrogens is 203 g/mol. The highest BCUT2D eigenvalue weighted by Crippen LogP contribution is 2.23. The Labute approximate surface area is 83.0 Å². The predicted molar refractivity (Wildman–Crippen MR) is 52.3 cm³/mol. The van der Waals surface area contributed by atoms with Gasteiger partial charge in [0, 0.05) is 4.57 Å². The third-order valence-corrected chi connectivity index (χ3v) is 1.91. The molecule has 0 aliphatic heterocycles. The Kier molecular flexibility index (Phi) is 4.86. The molecule has 0 spiro atoms. The van der Waals surface area contributed by atoms with Crippen LogP contribution >= 0.6 is 8.25 Å². The minimum atomic E-state index is -2.24. The van der Waals surface area contributed by atoms with Crippen molar-refractivity contribution in [1.29, 1.82) is 0 Å². The molecule has 1 rings (SSSR count). The van der Waals surface area contributed by atoms with Crippen molar-refractivity contribution in [2.45, 2.75) is 0 Å². The zero-order valence-electron chi connectivity index (χ0n) is 7.62. The van der Waals surface area contributed by atoms with Gasteiger partial charge in [-0.1, -0.05) is 30.3 Å². The van der Waals surface area contributed by atoms with Crippen LogP contribution in [0.2, 0.25) is 0 Å². The largest absolute Gasteiger partial charge is 0.780 e. The van der Waals surface area contributed by atoms with Crippen LogP contribution in [-0.2, 0) is 18.7 Å². The molecule has 0 amide bonds. The summed E-state index contributed by atoms with van der Waals surface area (Å²) in [5.41, 5.74) is 0.952. The van der Waals surface area contributed by atoms with Crippen molar-refractivity contribution < 1.29 is 18.7 Å². The molecule has 0 N–H and O–H groups in total. The van der Waals surface area contributed by atoms with Crippen molar-refractivity contribution in [3.05, 3.63) is 42.2 Å². The van der Waals surface area contributed by atoms with Crippen molar-refractivity contribution >= 4 is 14.3 Å². The second-order valence-electron chi connectivity index (χ2n) is 2.28. The highest BCUT2D eigenvalue weighted by atomic mass is 31.1. The van der Waals surface area contributed by atoms with Crippen LogP contribution in [0.15, 0.2) is 36.6 Å². The van der Waals surface area contributed by atoms with Gasteiger partial charge in [0.25, 0.3) is 0 Å². The molecule has 1 unspecified atom stereocenters. The maximum Gasteiger partial charge on any atom is 0.780 e. The van der Waals surface area contributed by atoms with Gasteiger partial charge < -0.3 is 0 Å². The second kappa shape index (κ2) is 6.27. The fourth-order valence-corrected chi connectivity index (χ4v) is 1.12. The van der Waals surface area contributed by atoms with Gasteiger partial charge >= 0.3 is 8.25 Å². The highest BCUT2D eigenvalue weighted by molar-refractivity contribution is 7.33. The molecule has 5 heteroatoms. The minimum absolute atomic E-state index is 0.952. The highest BCUT2D eigenvalue weighted by Gasteiger charge is 2.19. The molecule has 0 radical (unpaired) electrons. The van der Waals surface area contributed by atoms with Crippen LogP contribution in [0, 0.1) is 0 Å². The Hall–Kier alpha value is -1.22.